The molecule has 0 unspecified atom stereocenters. The summed E-state index contributed by atoms with van der Waals surface area (Å²) in [4.78, 5) is 99.0. The zero-order valence-electron chi connectivity index (χ0n) is 57.7. The summed E-state index contributed by atoms with van der Waals surface area (Å²) >= 11 is 0. The van der Waals surface area contributed by atoms with Gasteiger partial charge in [0.1, 0.15) is 50.3 Å². The number of carbonyl (C=O) groups is 7. The van der Waals surface area contributed by atoms with E-state index in [0.717, 1.165) is 11.1 Å². The van der Waals surface area contributed by atoms with Crippen molar-refractivity contribution in [1.82, 2.24) is 0 Å². The normalized spacial score (nSPS) is 26.4. The smallest absolute Gasteiger partial charge is 0.311 e. The number of rotatable bonds is 23. The van der Waals surface area contributed by atoms with Gasteiger partial charge in [0.2, 0.25) is 0 Å². The monoisotopic (exact) mass is 1300 g/mol. The summed E-state index contributed by atoms with van der Waals surface area (Å²) in [6.45, 7) is 28.9. The van der Waals surface area contributed by atoms with Crippen molar-refractivity contribution in [1.29, 1.82) is 0 Å². The molecule has 0 N–H and O–H groups in total. The maximum Gasteiger partial charge on any atom is 0.311 e. The molecule has 3 fully saturated rings. The second kappa shape index (κ2) is 31.9. The highest BCUT2D eigenvalue weighted by Crippen LogP contribution is 2.41. The van der Waals surface area contributed by atoms with Crippen LogP contribution in [-0.2, 0) is 124 Å². The molecule has 22 heteroatoms. The Kier molecular flexibility index (Phi) is 26.0. The second-order valence-corrected chi connectivity index (χ2v) is 30.0. The largest absolute Gasteiger partial charge is 0.463 e. The van der Waals surface area contributed by atoms with Crippen LogP contribution in [0.2, 0.25) is 0 Å². The molecule has 516 valence electrons. The lowest BCUT2D eigenvalue weighted by molar-refractivity contribution is -0.381. The highest BCUT2D eigenvalue weighted by atomic mass is 16.8. The highest BCUT2D eigenvalue weighted by Gasteiger charge is 2.60. The van der Waals surface area contributed by atoms with E-state index >= 15 is 0 Å². The minimum Gasteiger partial charge on any atom is -0.463 e. The Morgan fingerprint density at radius 1 is 0.355 bits per heavy atom. The fourth-order valence-electron chi connectivity index (χ4n) is 9.34. The quantitative estimate of drug-likeness (QED) is 0.0631. The van der Waals surface area contributed by atoms with Crippen LogP contribution in [0.1, 0.15) is 155 Å². The highest BCUT2D eigenvalue weighted by molar-refractivity contribution is 5.78. The fraction of sp³-hybridized carbons (Fsp3) is 0.648. The summed E-state index contributed by atoms with van der Waals surface area (Å²) in [5.41, 5.74) is -4.83. The van der Waals surface area contributed by atoms with Crippen molar-refractivity contribution in [3.63, 3.8) is 0 Å². The molecule has 3 aliphatic heterocycles. The van der Waals surface area contributed by atoms with Crippen LogP contribution in [0, 0.1) is 32.5 Å². The van der Waals surface area contributed by atoms with E-state index in [1.165, 1.54) is 6.92 Å². The molecule has 22 nitrogen and oxygen atoms in total. The molecule has 3 heterocycles. The number of benzene rings is 3. The predicted octanol–water partition coefficient (Wildman–Crippen LogP) is 10.3. The van der Waals surface area contributed by atoms with Crippen LogP contribution >= 0.6 is 0 Å². The van der Waals surface area contributed by atoms with Crippen LogP contribution in [0.5, 0.6) is 0 Å². The molecule has 0 aromatic heterocycles. The Bertz CT molecular complexity index is 2930. The fourth-order valence-corrected chi connectivity index (χ4v) is 9.34. The zero-order valence-corrected chi connectivity index (χ0v) is 57.7. The van der Waals surface area contributed by atoms with Crippen molar-refractivity contribution >= 4 is 41.8 Å². The van der Waals surface area contributed by atoms with Gasteiger partial charge in [0, 0.05) is 13.3 Å². The Balaban J connectivity index is 1.64. The van der Waals surface area contributed by atoms with Gasteiger partial charge in [-0.15, -0.1) is 0 Å². The molecule has 6 rings (SSSR count). The van der Waals surface area contributed by atoms with Gasteiger partial charge in [-0.05, 0) is 141 Å². The van der Waals surface area contributed by atoms with E-state index in [0.29, 0.717) is 5.56 Å². The van der Waals surface area contributed by atoms with Gasteiger partial charge in [-0.3, -0.25) is 33.6 Å². The molecule has 0 bridgehead atoms. The second-order valence-electron chi connectivity index (χ2n) is 30.0. The topological polar surface area (TPSA) is 258 Å². The van der Waals surface area contributed by atoms with E-state index in [1.807, 2.05) is 66.7 Å². The number of hydrogen-bond donors (Lipinski definition) is 0. The van der Waals surface area contributed by atoms with E-state index in [9.17, 15) is 33.6 Å². The van der Waals surface area contributed by atoms with E-state index in [2.05, 4.69) is 0 Å². The molecule has 3 saturated heterocycles. The van der Waals surface area contributed by atoms with Crippen molar-refractivity contribution < 1.29 is 105 Å². The lowest BCUT2D eigenvalue weighted by Gasteiger charge is -2.51. The first kappa shape index (κ1) is 75.7. The molecule has 3 aromatic carbocycles. The summed E-state index contributed by atoms with van der Waals surface area (Å²) in [6, 6.07) is 27.7. The van der Waals surface area contributed by atoms with Crippen LogP contribution in [0.15, 0.2) is 91.0 Å². The number of carbonyl (C=O) groups excluding carboxylic acids is 7. The van der Waals surface area contributed by atoms with Crippen LogP contribution in [-0.4, -0.2) is 148 Å². The molecule has 0 saturated carbocycles. The predicted molar refractivity (Wildman–Crippen MR) is 336 cm³/mol. The lowest BCUT2D eigenvalue weighted by Crippen LogP contribution is -2.68. The molecule has 0 spiro atoms. The van der Waals surface area contributed by atoms with Gasteiger partial charge in [-0.1, -0.05) is 91.0 Å². The summed E-state index contributed by atoms with van der Waals surface area (Å²) in [6.07, 6.45) is -21.7. The Morgan fingerprint density at radius 3 is 1.12 bits per heavy atom. The molecule has 14 atom stereocenters. The van der Waals surface area contributed by atoms with Gasteiger partial charge in [0.25, 0.3) is 0 Å². The van der Waals surface area contributed by atoms with Crippen LogP contribution in [0.3, 0.4) is 0 Å². The van der Waals surface area contributed by atoms with Gasteiger partial charge < -0.3 is 71.1 Å². The molecule has 3 aliphatic rings. The molecule has 3 aromatic rings. The Labute approximate surface area is 548 Å². The minimum atomic E-state index is -1.98. The van der Waals surface area contributed by atoms with Crippen LogP contribution in [0.25, 0.3) is 0 Å². The third-order valence-electron chi connectivity index (χ3n) is 14.9. The van der Waals surface area contributed by atoms with Crippen molar-refractivity contribution in [2.75, 3.05) is 19.8 Å². The van der Waals surface area contributed by atoms with Crippen molar-refractivity contribution in [3.05, 3.63) is 108 Å². The average molecular weight is 1310 g/mol. The first-order valence-electron chi connectivity index (χ1n) is 31.8. The molecule has 93 heavy (non-hydrogen) atoms. The number of hydrogen-bond acceptors (Lipinski definition) is 22. The van der Waals surface area contributed by atoms with Crippen molar-refractivity contribution in [3.8, 4) is 0 Å². The molecule has 0 amide bonds. The van der Waals surface area contributed by atoms with E-state index in [4.69, 9.17) is 71.1 Å². The standard InChI is InChI=1S/C71H100O22/c1-42(72)79-39-46-35-47(80-36-43-29-23-20-24-30-43)52(81-37-44-31-25-21-26-32-44)58(85-46)89-53-51(90-62(75)68(8,9)10)49(41-84-61(74)67(5,6)7)87-59(56(53)93-65(78)71(17,18)19)88-50-48(40-83-60(73)66(2,3)4)86-57(82-38-45-33-27-22-28-34-45)55(92-64(77)70(14,15)16)54(50)91-63(76)69(11,12)13/h20-34,46-59H,35-41H2,1-19H3/t46-,47-,48+,49+,50+,51-,52+,53-,54-,55+,56+,57+,58+,59-/m0/s1. The summed E-state index contributed by atoms with van der Waals surface area (Å²) in [5, 5.41) is 0. The van der Waals surface area contributed by atoms with Gasteiger partial charge in [-0.2, -0.15) is 0 Å². The Hall–Kier alpha value is -6.37. The Morgan fingerprint density at radius 2 is 0.699 bits per heavy atom. The first-order valence-corrected chi connectivity index (χ1v) is 31.8. The van der Waals surface area contributed by atoms with Gasteiger partial charge in [-0.25, -0.2) is 0 Å². The summed E-state index contributed by atoms with van der Waals surface area (Å²) in [7, 11) is 0. The number of esters is 7. The first-order chi connectivity index (χ1) is 43.2. The average Bonchev–Trinajstić information content (AvgIpc) is 0.765. The molecular weight excluding hydrogens is 1200 g/mol. The summed E-state index contributed by atoms with van der Waals surface area (Å²) in [5.74, 6) is -5.19. The van der Waals surface area contributed by atoms with Crippen molar-refractivity contribution in [2.45, 2.75) is 244 Å². The SMILES string of the molecule is CC(=O)OC[C@@H]1C[C@H](OCc2ccccc2)[C@@H](OCc2ccccc2)[C@@H](O[C@H]2[C@@H](OC(=O)C(C)(C)C)[C@@H](COC(=O)C(C)(C)C)O[C@@H](O[C@H]3[C@H](OC(=O)C(C)(C)C)[C@@H](OC(=O)C(C)(C)C)[C@H](OCc4ccccc4)O[C@@H]3COC(=O)C(C)(C)C)[C@@H]2OC(=O)C(C)(C)C)O1. The lowest BCUT2D eigenvalue weighted by atomic mass is 9.92. The van der Waals surface area contributed by atoms with Gasteiger partial charge in [0.15, 0.2) is 43.3 Å². The minimum absolute atomic E-state index is 0.0150. The van der Waals surface area contributed by atoms with E-state index < -0.39 is 174 Å². The summed E-state index contributed by atoms with van der Waals surface area (Å²) < 4.78 is 98.9. The maximum absolute atomic E-state index is 14.9. The zero-order chi connectivity index (χ0) is 69.0. The molecule has 0 radical (unpaired) electrons. The third kappa shape index (κ3) is 22.4. The third-order valence-corrected chi connectivity index (χ3v) is 14.9. The van der Waals surface area contributed by atoms with E-state index in [-0.39, 0.29) is 32.8 Å². The van der Waals surface area contributed by atoms with Crippen LogP contribution < -0.4 is 0 Å². The molecule has 0 aliphatic carbocycles. The number of ether oxygens (including phenoxy) is 15. The maximum atomic E-state index is 14.9. The van der Waals surface area contributed by atoms with Crippen LogP contribution in [0.4, 0.5) is 0 Å². The molecular formula is C71H100O22. The van der Waals surface area contributed by atoms with Gasteiger partial charge >= 0.3 is 41.8 Å². The van der Waals surface area contributed by atoms with Gasteiger partial charge in [0.05, 0.1) is 64.5 Å². The van der Waals surface area contributed by atoms with E-state index in [1.54, 1.807) is 149 Å². The van der Waals surface area contributed by atoms with Crippen molar-refractivity contribution in [2.24, 2.45) is 32.5 Å².